The Kier molecular flexibility index (Phi) is 4.71. The van der Waals surface area contributed by atoms with Gasteiger partial charge >= 0.3 is 0 Å². The van der Waals surface area contributed by atoms with Gasteiger partial charge in [0, 0.05) is 6.04 Å². The third-order valence-corrected chi connectivity index (χ3v) is 5.73. The van der Waals surface area contributed by atoms with Crippen LogP contribution in [0.25, 0.3) is 0 Å². The minimum atomic E-state index is -2.97. The lowest BCUT2D eigenvalue weighted by atomic mass is 9.87. The zero-order valence-electron chi connectivity index (χ0n) is 12.8. The second kappa shape index (κ2) is 6.18. The van der Waals surface area contributed by atoms with Gasteiger partial charge in [0.05, 0.1) is 17.4 Å². The summed E-state index contributed by atoms with van der Waals surface area (Å²) in [5, 5.41) is 2.91. The number of hydrogen-bond donors (Lipinski definition) is 1. The Bertz CT molecular complexity index is 605. The quantitative estimate of drug-likeness (QED) is 0.925. The number of carbonyl (C=O) groups is 1. The number of sulfone groups is 1. The fraction of sp³-hybridized carbons (Fsp3) is 0.562. The van der Waals surface area contributed by atoms with Crippen LogP contribution in [0.5, 0.6) is 0 Å². The van der Waals surface area contributed by atoms with Crippen LogP contribution in [0.2, 0.25) is 0 Å². The van der Waals surface area contributed by atoms with E-state index in [4.69, 9.17) is 0 Å². The molecule has 116 valence electrons. The Balaban J connectivity index is 2.11. The van der Waals surface area contributed by atoms with Crippen molar-refractivity contribution in [2.75, 3.05) is 11.5 Å². The molecule has 0 radical (unpaired) electrons. The average molecular weight is 309 g/mol. The molecule has 1 fully saturated rings. The van der Waals surface area contributed by atoms with E-state index in [-0.39, 0.29) is 35.3 Å². The lowest BCUT2D eigenvalue weighted by molar-refractivity contribution is -0.124. The van der Waals surface area contributed by atoms with E-state index in [9.17, 15) is 13.2 Å². The van der Waals surface area contributed by atoms with E-state index in [0.717, 1.165) is 11.1 Å². The lowest BCUT2D eigenvalue weighted by Crippen LogP contribution is -2.40. The maximum Gasteiger partial charge on any atom is 0.228 e. The van der Waals surface area contributed by atoms with Crippen molar-refractivity contribution in [3.63, 3.8) is 0 Å². The van der Waals surface area contributed by atoms with Crippen LogP contribution in [-0.4, -0.2) is 31.9 Å². The first kappa shape index (κ1) is 16.0. The highest BCUT2D eigenvalue weighted by Crippen LogP contribution is 2.26. The first-order valence-electron chi connectivity index (χ1n) is 7.36. The number of aryl methyl sites for hydroxylation is 1. The van der Waals surface area contributed by atoms with E-state index in [1.807, 2.05) is 45.0 Å². The minimum absolute atomic E-state index is 0.0669. The van der Waals surface area contributed by atoms with Crippen LogP contribution in [0.15, 0.2) is 24.3 Å². The van der Waals surface area contributed by atoms with Crippen molar-refractivity contribution < 1.29 is 13.2 Å². The molecular weight excluding hydrogens is 286 g/mol. The molecule has 5 heteroatoms. The van der Waals surface area contributed by atoms with E-state index in [1.165, 1.54) is 0 Å². The maximum absolute atomic E-state index is 12.5. The second-order valence-corrected chi connectivity index (χ2v) is 8.47. The fourth-order valence-corrected chi connectivity index (χ4v) is 4.49. The summed E-state index contributed by atoms with van der Waals surface area (Å²) in [6.07, 6.45) is 0.521. The third kappa shape index (κ3) is 4.06. The molecule has 0 spiro atoms. The molecule has 1 aromatic carbocycles. The van der Waals surface area contributed by atoms with Crippen LogP contribution in [0.3, 0.4) is 0 Å². The van der Waals surface area contributed by atoms with E-state index in [0.29, 0.717) is 6.42 Å². The highest BCUT2D eigenvalue weighted by Gasteiger charge is 2.32. The Morgan fingerprint density at radius 2 is 1.86 bits per heavy atom. The topological polar surface area (TPSA) is 63.2 Å². The molecular formula is C16H23NO3S. The summed E-state index contributed by atoms with van der Waals surface area (Å²) in [5.74, 6) is 0.0855. The molecule has 0 aromatic heterocycles. The number of amides is 1. The van der Waals surface area contributed by atoms with E-state index < -0.39 is 9.84 Å². The van der Waals surface area contributed by atoms with Gasteiger partial charge in [0.25, 0.3) is 0 Å². The molecule has 1 saturated heterocycles. The van der Waals surface area contributed by atoms with Crippen molar-refractivity contribution in [3.8, 4) is 0 Å². The summed E-state index contributed by atoms with van der Waals surface area (Å²) in [4.78, 5) is 12.5. The van der Waals surface area contributed by atoms with Crippen LogP contribution in [-0.2, 0) is 14.6 Å². The zero-order valence-corrected chi connectivity index (χ0v) is 13.6. The standard InChI is InChI=1S/C16H23NO3S/c1-11(2)15(13-6-4-12(3)5-7-13)16(18)17-14-8-9-21(19,20)10-14/h4-7,11,14-15H,8-10H2,1-3H3,(H,17,18). The molecule has 2 rings (SSSR count). The first-order valence-corrected chi connectivity index (χ1v) is 9.18. The molecule has 0 bridgehead atoms. The summed E-state index contributed by atoms with van der Waals surface area (Å²) in [7, 11) is -2.97. The average Bonchev–Trinajstić information content (AvgIpc) is 2.71. The molecule has 4 nitrogen and oxygen atoms in total. The van der Waals surface area contributed by atoms with Gasteiger partial charge < -0.3 is 5.32 Å². The van der Waals surface area contributed by atoms with Gasteiger partial charge in [0.15, 0.2) is 9.84 Å². The number of hydrogen-bond acceptors (Lipinski definition) is 3. The van der Waals surface area contributed by atoms with Crippen molar-refractivity contribution >= 4 is 15.7 Å². The highest BCUT2D eigenvalue weighted by atomic mass is 32.2. The molecule has 1 aliphatic heterocycles. The maximum atomic E-state index is 12.5. The third-order valence-electron chi connectivity index (χ3n) is 3.96. The molecule has 0 aliphatic carbocycles. The van der Waals surface area contributed by atoms with Gasteiger partial charge in [0.1, 0.15) is 0 Å². The normalized spacial score (nSPS) is 22.2. The van der Waals surface area contributed by atoms with Gasteiger partial charge in [0.2, 0.25) is 5.91 Å². The minimum Gasteiger partial charge on any atom is -0.352 e. The van der Waals surface area contributed by atoms with Gasteiger partial charge in [-0.1, -0.05) is 43.7 Å². The van der Waals surface area contributed by atoms with Gasteiger partial charge in [-0.05, 0) is 24.8 Å². The van der Waals surface area contributed by atoms with Gasteiger partial charge in [-0.2, -0.15) is 0 Å². The van der Waals surface area contributed by atoms with Crippen molar-refractivity contribution in [3.05, 3.63) is 35.4 Å². The van der Waals surface area contributed by atoms with E-state index in [2.05, 4.69) is 5.32 Å². The van der Waals surface area contributed by atoms with Gasteiger partial charge in [-0.3, -0.25) is 4.79 Å². The molecule has 1 amide bonds. The Labute approximate surface area is 126 Å². The molecule has 1 aromatic rings. The van der Waals surface area contributed by atoms with Crippen molar-refractivity contribution in [2.24, 2.45) is 5.92 Å². The fourth-order valence-electron chi connectivity index (χ4n) is 2.81. The zero-order chi connectivity index (χ0) is 15.6. The molecule has 1 aliphatic rings. The molecule has 0 saturated carbocycles. The van der Waals surface area contributed by atoms with Crippen molar-refractivity contribution in [2.45, 2.75) is 39.2 Å². The number of benzene rings is 1. The highest BCUT2D eigenvalue weighted by molar-refractivity contribution is 7.91. The van der Waals surface area contributed by atoms with Crippen molar-refractivity contribution in [1.29, 1.82) is 0 Å². The molecule has 21 heavy (non-hydrogen) atoms. The van der Waals surface area contributed by atoms with E-state index >= 15 is 0 Å². The van der Waals surface area contributed by atoms with E-state index in [1.54, 1.807) is 0 Å². The van der Waals surface area contributed by atoms with Crippen LogP contribution in [0.4, 0.5) is 0 Å². The predicted molar refractivity (Wildman–Crippen MR) is 84.0 cm³/mol. The Morgan fingerprint density at radius 3 is 2.33 bits per heavy atom. The number of carbonyl (C=O) groups excluding carboxylic acids is 1. The van der Waals surface area contributed by atoms with Crippen LogP contribution in [0.1, 0.15) is 37.3 Å². The molecule has 1 N–H and O–H groups in total. The van der Waals surface area contributed by atoms with Gasteiger partial charge in [-0.15, -0.1) is 0 Å². The smallest absolute Gasteiger partial charge is 0.228 e. The van der Waals surface area contributed by atoms with Crippen LogP contribution >= 0.6 is 0 Å². The number of nitrogens with one attached hydrogen (secondary N) is 1. The summed E-state index contributed by atoms with van der Waals surface area (Å²) in [5.41, 5.74) is 2.14. The molecule has 1 heterocycles. The Morgan fingerprint density at radius 1 is 1.24 bits per heavy atom. The Hall–Kier alpha value is -1.36. The summed E-state index contributed by atoms with van der Waals surface area (Å²) in [6, 6.07) is 7.71. The van der Waals surface area contributed by atoms with Crippen LogP contribution < -0.4 is 5.32 Å². The molecule has 2 unspecified atom stereocenters. The second-order valence-electron chi connectivity index (χ2n) is 6.24. The summed E-state index contributed by atoms with van der Waals surface area (Å²) >= 11 is 0. The van der Waals surface area contributed by atoms with Gasteiger partial charge in [-0.25, -0.2) is 8.42 Å². The summed E-state index contributed by atoms with van der Waals surface area (Å²) < 4.78 is 23.0. The largest absolute Gasteiger partial charge is 0.352 e. The SMILES string of the molecule is Cc1ccc(C(C(=O)NC2CCS(=O)(=O)C2)C(C)C)cc1. The lowest BCUT2D eigenvalue weighted by Gasteiger charge is -2.23. The predicted octanol–water partition coefficient (Wildman–Crippen LogP) is 2.04. The number of rotatable bonds is 4. The first-order chi connectivity index (χ1) is 9.78. The van der Waals surface area contributed by atoms with Crippen LogP contribution in [0, 0.1) is 12.8 Å². The monoisotopic (exact) mass is 309 g/mol. The molecule has 2 atom stereocenters. The van der Waals surface area contributed by atoms with Crippen molar-refractivity contribution in [1.82, 2.24) is 5.32 Å². The summed E-state index contributed by atoms with van der Waals surface area (Å²) in [6.45, 7) is 6.03.